The van der Waals surface area contributed by atoms with Crippen molar-refractivity contribution in [2.75, 3.05) is 11.9 Å². The van der Waals surface area contributed by atoms with Crippen molar-refractivity contribution in [3.8, 4) is 5.75 Å². The number of carbonyl (C=O) groups excluding carboxylic acids is 1. The van der Waals surface area contributed by atoms with Gasteiger partial charge in [-0.3, -0.25) is 4.79 Å². The van der Waals surface area contributed by atoms with Crippen molar-refractivity contribution in [3.63, 3.8) is 0 Å². The van der Waals surface area contributed by atoms with Gasteiger partial charge in [-0.05, 0) is 49.6 Å². The second-order valence-electron chi connectivity index (χ2n) is 7.85. The summed E-state index contributed by atoms with van der Waals surface area (Å²) in [6.45, 7) is 2.48. The quantitative estimate of drug-likeness (QED) is 0.361. The van der Waals surface area contributed by atoms with E-state index < -0.39 is 6.04 Å². The third kappa shape index (κ3) is 4.44. The van der Waals surface area contributed by atoms with Crippen molar-refractivity contribution in [2.24, 2.45) is 0 Å². The van der Waals surface area contributed by atoms with Crippen LogP contribution in [0, 0.1) is 0 Å². The summed E-state index contributed by atoms with van der Waals surface area (Å²) in [7, 11) is 0. The first-order chi connectivity index (χ1) is 16.0. The van der Waals surface area contributed by atoms with Gasteiger partial charge in [0.15, 0.2) is 5.78 Å². The van der Waals surface area contributed by atoms with Crippen LogP contribution in [0.2, 0.25) is 5.02 Å². The van der Waals surface area contributed by atoms with Gasteiger partial charge in [0, 0.05) is 38.5 Å². The van der Waals surface area contributed by atoms with Gasteiger partial charge in [-0.2, -0.15) is 4.98 Å². The van der Waals surface area contributed by atoms with E-state index in [2.05, 4.69) is 21.2 Å². The highest BCUT2D eigenvalue weighted by molar-refractivity contribution is 9.10. The van der Waals surface area contributed by atoms with Crippen LogP contribution in [0.25, 0.3) is 0 Å². The fourth-order valence-corrected chi connectivity index (χ4v) is 5.76. The van der Waals surface area contributed by atoms with E-state index in [0.717, 1.165) is 50.5 Å². The monoisotopic (exact) mass is 544 g/mol. The van der Waals surface area contributed by atoms with Gasteiger partial charge in [0.1, 0.15) is 11.8 Å². The molecule has 5 rings (SSSR count). The van der Waals surface area contributed by atoms with E-state index in [1.807, 2.05) is 54.1 Å². The van der Waals surface area contributed by atoms with E-state index in [1.54, 1.807) is 0 Å². The Morgan fingerprint density at radius 3 is 2.94 bits per heavy atom. The number of rotatable bonds is 6. The minimum atomic E-state index is -0.398. The summed E-state index contributed by atoms with van der Waals surface area (Å²) in [6.07, 6.45) is 2.17. The Morgan fingerprint density at radius 2 is 2.12 bits per heavy atom. The maximum absolute atomic E-state index is 13.1. The second-order valence-corrected chi connectivity index (χ2v) is 10.1. The Bertz CT molecular complexity index is 1260. The first-order valence-corrected chi connectivity index (χ1v) is 13.0. The number of hydrogen-bond donors (Lipinski definition) is 1. The van der Waals surface area contributed by atoms with Crippen LogP contribution in [-0.2, 0) is 10.5 Å². The summed E-state index contributed by atoms with van der Waals surface area (Å²) in [5, 5.41) is 9.55. The molecule has 1 unspecified atom stereocenters. The third-order valence-electron chi connectivity index (χ3n) is 5.73. The highest BCUT2D eigenvalue weighted by Gasteiger charge is 2.38. The number of allylic oxidation sites excluding steroid dienone is 2. The average Bonchev–Trinajstić information content (AvgIpc) is 3.21. The number of anilines is 1. The standard InChI is InChI=1S/C24H22BrClN4O2S/c1-2-32-20-11-10-15(25)12-16(20)22-21-18(8-5-9-19(21)31)27-23-28-24(29-30(22)23)33-13-14-6-3-4-7-17(14)26/h3-4,6-7,10-12,22H,2,5,8-9,13H2,1H3,(H,27,28,29). The molecule has 9 heteroatoms. The summed E-state index contributed by atoms with van der Waals surface area (Å²) in [5.41, 5.74) is 3.60. The normalized spacial score (nSPS) is 17.4. The Morgan fingerprint density at radius 1 is 1.27 bits per heavy atom. The molecule has 2 heterocycles. The molecule has 1 atom stereocenters. The molecule has 33 heavy (non-hydrogen) atoms. The number of ether oxygens (including phenoxy) is 1. The van der Waals surface area contributed by atoms with Crippen LogP contribution >= 0.6 is 39.3 Å². The topological polar surface area (TPSA) is 69.0 Å². The Kier molecular flexibility index (Phi) is 6.49. The van der Waals surface area contributed by atoms with Crippen LogP contribution < -0.4 is 10.1 Å². The number of aromatic nitrogens is 3. The van der Waals surface area contributed by atoms with Gasteiger partial charge in [-0.1, -0.05) is 57.5 Å². The van der Waals surface area contributed by atoms with E-state index in [1.165, 1.54) is 11.8 Å². The zero-order valence-electron chi connectivity index (χ0n) is 18.0. The van der Waals surface area contributed by atoms with E-state index in [9.17, 15) is 4.79 Å². The van der Waals surface area contributed by atoms with Crippen LogP contribution in [0.1, 0.15) is 43.4 Å². The number of benzene rings is 2. The number of hydrogen-bond acceptors (Lipinski definition) is 6. The first-order valence-electron chi connectivity index (χ1n) is 10.8. The molecule has 6 nitrogen and oxygen atoms in total. The molecular weight excluding hydrogens is 524 g/mol. The number of ketones is 1. The zero-order chi connectivity index (χ0) is 22.9. The fraction of sp³-hybridized carbons (Fsp3) is 0.292. The van der Waals surface area contributed by atoms with Gasteiger partial charge >= 0.3 is 0 Å². The number of thioether (sulfide) groups is 1. The van der Waals surface area contributed by atoms with Gasteiger partial charge in [-0.15, -0.1) is 5.10 Å². The predicted molar refractivity (Wildman–Crippen MR) is 134 cm³/mol. The lowest BCUT2D eigenvalue weighted by molar-refractivity contribution is -0.116. The summed E-state index contributed by atoms with van der Waals surface area (Å²) in [4.78, 5) is 17.8. The Hall–Kier alpha value is -2.29. The third-order valence-corrected chi connectivity index (χ3v) is 7.48. The van der Waals surface area contributed by atoms with Crippen molar-refractivity contribution < 1.29 is 9.53 Å². The van der Waals surface area contributed by atoms with Crippen LogP contribution in [0.5, 0.6) is 5.75 Å². The molecule has 0 saturated heterocycles. The van der Waals surface area contributed by atoms with Crippen LogP contribution in [0.15, 0.2) is 63.4 Å². The molecule has 1 aromatic heterocycles. The largest absolute Gasteiger partial charge is 0.494 e. The lowest BCUT2D eigenvalue weighted by Gasteiger charge is -2.32. The number of nitrogens with one attached hydrogen (secondary N) is 1. The Labute approximate surface area is 209 Å². The smallest absolute Gasteiger partial charge is 0.227 e. The van der Waals surface area contributed by atoms with Crippen LogP contribution in [0.4, 0.5) is 5.95 Å². The summed E-state index contributed by atoms with van der Waals surface area (Å²) in [6, 6.07) is 13.3. The minimum Gasteiger partial charge on any atom is -0.494 e. The number of halogens is 2. The Balaban J connectivity index is 1.56. The minimum absolute atomic E-state index is 0.141. The molecule has 1 N–H and O–H groups in total. The van der Waals surface area contributed by atoms with Crippen molar-refractivity contribution in [1.29, 1.82) is 0 Å². The second kappa shape index (κ2) is 9.52. The molecule has 2 aromatic carbocycles. The number of Topliss-reactive ketones (excluding diaryl/α,β-unsaturated/α-hetero) is 1. The summed E-state index contributed by atoms with van der Waals surface area (Å²) in [5.74, 6) is 2.17. The number of nitrogens with zero attached hydrogens (tertiary/aromatic N) is 3. The van der Waals surface area contributed by atoms with Gasteiger partial charge in [0.2, 0.25) is 11.1 Å². The summed E-state index contributed by atoms with van der Waals surface area (Å²) >= 11 is 11.4. The SMILES string of the molecule is CCOc1ccc(Br)cc1C1C2=C(CCCC2=O)Nc2nc(SCc3ccccc3Cl)nn21. The lowest BCUT2D eigenvalue weighted by Crippen LogP contribution is -2.31. The number of fused-ring (bicyclic) bond motifs is 1. The summed E-state index contributed by atoms with van der Waals surface area (Å²) < 4.78 is 8.68. The molecule has 3 aromatic rings. The van der Waals surface area contributed by atoms with E-state index in [4.69, 9.17) is 26.4 Å². The zero-order valence-corrected chi connectivity index (χ0v) is 21.1. The van der Waals surface area contributed by atoms with Crippen molar-refractivity contribution >= 4 is 51.0 Å². The van der Waals surface area contributed by atoms with Crippen LogP contribution in [0.3, 0.4) is 0 Å². The van der Waals surface area contributed by atoms with Gasteiger partial charge in [0.05, 0.1) is 6.61 Å². The molecule has 0 saturated carbocycles. The molecule has 0 bridgehead atoms. The van der Waals surface area contributed by atoms with Crippen molar-refractivity contribution in [1.82, 2.24) is 14.8 Å². The average molecular weight is 546 g/mol. The maximum atomic E-state index is 13.1. The van der Waals surface area contributed by atoms with Gasteiger partial charge in [0.25, 0.3) is 0 Å². The molecule has 1 aliphatic heterocycles. The van der Waals surface area contributed by atoms with Crippen LogP contribution in [-0.4, -0.2) is 27.2 Å². The fourth-order valence-electron chi connectivity index (χ4n) is 4.26. The molecule has 170 valence electrons. The molecule has 0 spiro atoms. The van der Waals surface area contributed by atoms with Gasteiger partial charge in [-0.25, -0.2) is 4.68 Å². The first kappa shape index (κ1) is 22.5. The van der Waals surface area contributed by atoms with Crippen molar-refractivity contribution in [3.05, 3.63) is 74.4 Å². The van der Waals surface area contributed by atoms with E-state index in [0.29, 0.717) is 29.9 Å². The molecule has 0 radical (unpaired) electrons. The molecule has 1 aliphatic carbocycles. The molecule has 2 aliphatic rings. The number of carbonyl (C=O) groups is 1. The van der Waals surface area contributed by atoms with E-state index in [-0.39, 0.29) is 5.78 Å². The van der Waals surface area contributed by atoms with Crippen molar-refractivity contribution in [2.45, 2.75) is 43.1 Å². The van der Waals surface area contributed by atoms with E-state index >= 15 is 0 Å². The highest BCUT2D eigenvalue weighted by atomic mass is 79.9. The lowest BCUT2D eigenvalue weighted by atomic mass is 9.85. The molecule has 0 amide bonds. The van der Waals surface area contributed by atoms with Gasteiger partial charge < -0.3 is 10.1 Å². The molecule has 0 fully saturated rings. The highest BCUT2D eigenvalue weighted by Crippen LogP contribution is 2.44. The maximum Gasteiger partial charge on any atom is 0.227 e. The molecular formula is C24H22BrClN4O2S. The predicted octanol–water partition coefficient (Wildman–Crippen LogP) is 6.41.